The maximum atomic E-state index is 4.05. The number of allylic oxidation sites excluding steroid dienone is 4. The molecule has 0 saturated heterocycles. The molecule has 2 nitrogen and oxygen atoms in total. The first-order valence-corrected chi connectivity index (χ1v) is 14.3. The maximum absolute atomic E-state index is 4.05. The van der Waals surface area contributed by atoms with E-state index < -0.39 is 0 Å². The quantitative estimate of drug-likeness (QED) is 0.224. The van der Waals surface area contributed by atoms with Crippen molar-refractivity contribution < 1.29 is 0 Å². The summed E-state index contributed by atoms with van der Waals surface area (Å²) in [5.41, 5.74) is 8.60. The Hall–Kier alpha value is -4.60. The molecule has 3 heteroatoms. The molecule has 1 aliphatic rings. The van der Waals surface area contributed by atoms with Crippen molar-refractivity contribution in [2.45, 2.75) is 12.3 Å². The van der Waals surface area contributed by atoms with Gasteiger partial charge in [-0.2, -0.15) is 0 Å². The number of para-hydroxylation sites is 2. The number of benzene rings is 4. The lowest BCUT2D eigenvalue weighted by Gasteiger charge is -2.18. The summed E-state index contributed by atoms with van der Waals surface area (Å²) >= 11 is 1.78. The first-order valence-electron chi connectivity index (χ1n) is 13.4. The fourth-order valence-electron chi connectivity index (χ4n) is 6.23. The average Bonchev–Trinajstić information content (AvgIpc) is 3.66. The number of rotatable bonds is 5. The van der Waals surface area contributed by atoms with Crippen LogP contribution < -0.4 is 5.32 Å². The summed E-state index contributed by atoms with van der Waals surface area (Å²) in [5.74, 6) is 0.355. The Morgan fingerprint density at radius 2 is 1.62 bits per heavy atom. The largest absolute Gasteiger partial charge is 0.356 e. The van der Waals surface area contributed by atoms with Crippen LogP contribution in [0.2, 0.25) is 0 Å². The molecule has 8 rings (SSSR count). The normalized spacial score (nSPS) is 16.2. The minimum absolute atomic E-state index is 0.355. The molecule has 0 fully saturated rings. The third-order valence-electron chi connectivity index (χ3n) is 8.10. The summed E-state index contributed by atoms with van der Waals surface area (Å²) in [4.78, 5) is 0. The Balaban J connectivity index is 1.10. The van der Waals surface area contributed by atoms with E-state index in [0.717, 1.165) is 17.8 Å². The second-order valence-corrected chi connectivity index (χ2v) is 11.2. The molecule has 7 aromatic rings. The zero-order valence-corrected chi connectivity index (χ0v) is 22.2. The molecule has 1 unspecified atom stereocenters. The Morgan fingerprint density at radius 3 is 2.46 bits per heavy atom. The molecule has 186 valence electrons. The third-order valence-corrected chi connectivity index (χ3v) is 9.09. The first kappa shape index (κ1) is 22.4. The predicted molar refractivity (Wildman–Crippen MR) is 169 cm³/mol. The molecule has 1 atom stereocenters. The van der Waals surface area contributed by atoms with Crippen molar-refractivity contribution >= 4 is 65.6 Å². The molecule has 3 aromatic heterocycles. The number of thiophene rings is 1. The van der Waals surface area contributed by atoms with Gasteiger partial charge in [-0.05, 0) is 70.8 Å². The van der Waals surface area contributed by atoms with E-state index in [9.17, 15) is 0 Å². The highest BCUT2D eigenvalue weighted by atomic mass is 32.1. The second-order valence-electron chi connectivity index (χ2n) is 10.3. The predicted octanol–water partition coefficient (Wildman–Crippen LogP) is 9.80. The van der Waals surface area contributed by atoms with Crippen LogP contribution in [0.5, 0.6) is 0 Å². The van der Waals surface area contributed by atoms with Crippen molar-refractivity contribution in [1.29, 1.82) is 0 Å². The minimum Gasteiger partial charge on any atom is -0.356 e. The van der Waals surface area contributed by atoms with Crippen molar-refractivity contribution in [2.75, 3.05) is 0 Å². The van der Waals surface area contributed by atoms with Gasteiger partial charge in [0.2, 0.25) is 0 Å². The molecule has 0 amide bonds. The van der Waals surface area contributed by atoms with Crippen LogP contribution in [0.3, 0.4) is 0 Å². The van der Waals surface area contributed by atoms with Gasteiger partial charge in [0.15, 0.2) is 0 Å². The lowest BCUT2D eigenvalue weighted by atomic mass is 9.90. The van der Waals surface area contributed by atoms with Crippen molar-refractivity contribution in [3.8, 4) is 0 Å². The van der Waals surface area contributed by atoms with Gasteiger partial charge in [-0.15, -0.1) is 11.3 Å². The molecule has 39 heavy (non-hydrogen) atoms. The monoisotopic (exact) mass is 518 g/mol. The molecule has 3 heterocycles. The summed E-state index contributed by atoms with van der Waals surface area (Å²) in [7, 11) is 0. The Labute approximate surface area is 230 Å². The standard InChI is InChI=1S/C36H26N2S/c1-2-26(20-25-22-39-35-13-6-4-8-28(25)35)37-27-17-14-23(15-18-27)24-16-19-34-32(21-24)31-11-7-10-30-29-9-3-5-12-33(29)38(34)36(30)31/h2-14,16-23,37H,1,15H2/b26-20+. The summed E-state index contributed by atoms with van der Waals surface area (Å²) in [6, 6.07) is 31.0. The zero-order chi connectivity index (χ0) is 25.9. The molecular formula is C36H26N2S. The summed E-state index contributed by atoms with van der Waals surface area (Å²) < 4.78 is 3.75. The molecule has 0 radical (unpaired) electrons. The van der Waals surface area contributed by atoms with Gasteiger partial charge < -0.3 is 9.72 Å². The summed E-state index contributed by atoms with van der Waals surface area (Å²) in [6.45, 7) is 4.05. The average molecular weight is 519 g/mol. The van der Waals surface area contributed by atoms with E-state index in [-0.39, 0.29) is 0 Å². The highest BCUT2D eigenvalue weighted by Gasteiger charge is 2.19. The van der Waals surface area contributed by atoms with Crippen LogP contribution in [0.4, 0.5) is 0 Å². The number of aromatic nitrogens is 1. The lowest BCUT2D eigenvalue weighted by molar-refractivity contribution is 0.830. The third kappa shape index (κ3) is 3.47. The fraction of sp³-hybridized carbons (Fsp3) is 0.0556. The van der Waals surface area contributed by atoms with E-state index in [0.29, 0.717) is 5.92 Å². The van der Waals surface area contributed by atoms with Gasteiger partial charge in [0.05, 0.1) is 16.6 Å². The number of nitrogens with one attached hydrogen (secondary N) is 1. The Morgan fingerprint density at radius 1 is 0.846 bits per heavy atom. The van der Waals surface area contributed by atoms with E-state index in [1.54, 1.807) is 11.3 Å². The van der Waals surface area contributed by atoms with E-state index in [1.165, 1.54) is 59.3 Å². The number of fused-ring (bicyclic) bond motifs is 7. The van der Waals surface area contributed by atoms with Crippen LogP contribution in [0, 0.1) is 0 Å². The molecular weight excluding hydrogens is 492 g/mol. The van der Waals surface area contributed by atoms with E-state index in [4.69, 9.17) is 0 Å². The van der Waals surface area contributed by atoms with Crippen LogP contribution in [0.15, 0.2) is 133 Å². The molecule has 0 saturated carbocycles. The summed E-state index contributed by atoms with van der Waals surface area (Å²) in [6.07, 6.45) is 11.9. The van der Waals surface area contributed by atoms with Crippen molar-refractivity contribution in [3.63, 3.8) is 0 Å². The van der Waals surface area contributed by atoms with Crippen molar-refractivity contribution in [3.05, 3.63) is 144 Å². The fourth-order valence-corrected chi connectivity index (χ4v) is 7.15. The van der Waals surface area contributed by atoms with Crippen molar-refractivity contribution in [2.24, 2.45) is 0 Å². The summed E-state index contributed by atoms with van der Waals surface area (Å²) in [5, 5.41) is 12.4. The van der Waals surface area contributed by atoms with Crippen LogP contribution in [0.1, 0.15) is 23.5 Å². The topological polar surface area (TPSA) is 16.4 Å². The smallest absolute Gasteiger partial charge is 0.0620 e. The van der Waals surface area contributed by atoms with Gasteiger partial charge in [-0.3, -0.25) is 0 Å². The molecule has 0 spiro atoms. The van der Waals surface area contributed by atoms with Gasteiger partial charge in [0.1, 0.15) is 0 Å². The van der Waals surface area contributed by atoms with Gasteiger partial charge in [0.25, 0.3) is 0 Å². The maximum Gasteiger partial charge on any atom is 0.0620 e. The van der Waals surface area contributed by atoms with E-state index in [2.05, 4.69) is 131 Å². The zero-order valence-electron chi connectivity index (χ0n) is 21.4. The lowest BCUT2D eigenvalue weighted by Crippen LogP contribution is -2.12. The van der Waals surface area contributed by atoms with Crippen LogP contribution >= 0.6 is 11.3 Å². The van der Waals surface area contributed by atoms with E-state index >= 15 is 0 Å². The van der Waals surface area contributed by atoms with E-state index in [1.807, 2.05) is 6.08 Å². The number of nitrogens with zero attached hydrogens (tertiary/aromatic N) is 1. The molecule has 0 aliphatic heterocycles. The van der Waals surface area contributed by atoms with Crippen molar-refractivity contribution in [1.82, 2.24) is 9.72 Å². The van der Waals surface area contributed by atoms with Gasteiger partial charge in [-0.25, -0.2) is 0 Å². The Kier molecular flexibility index (Phi) is 5.01. The molecule has 0 bridgehead atoms. The molecule has 1 N–H and O–H groups in total. The van der Waals surface area contributed by atoms with Gasteiger partial charge >= 0.3 is 0 Å². The highest BCUT2D eigenvalue weighted by Crippen LogP contribution is 2.40. The minimum atomic E-state index is 0.355. The highest BCUT2D eigenvalue weighted by molar-refractivity contribution is 7.17. The van der Waals surface area contributed by atoms with Gasteiger partial charge in [-0.1, -0.05) is 79.4 Å². The Bertz CT molecular complexity index is 2150. The molecule has 1 aliphatic carbocycles. The van der Waals surface area contributed by atoms with Crippen LogP contribution in [-0.4, -0.2) is 4.40 Å². The number of hydrogen-bond acceptors (Lipinski definition) is 2. The second kappa shape index (κ2) is 8.72. The van der Waals surface area contributed by atoms with Crippen LogP contribution in [-0.2, 0) is 0 Å². The first-order chi connectivity index (χ1) is 19.3. The SMILES string of the molecule is C=C/C(=C\c1csc2ccccc12)NC1=CCC(c2ccc3c(c2)c2cccc4c5ccccc5n3c42)C=C1. The number of hydrogen-bond donors (Lipinski definition) is 1. The van der Waals surface area contributed by atoms with Gasteiger partial charge in [0, 0.05) is 43.6 Å². The van der Waals surface area contributed by atoms with Crippen LogP contribution in [0.25, 0.3) is 54.3 Å². The molecule has 4 aromatic carbocycles.